The first kappa shape index (κ1) is 16.0. The molecule has 0 bridgehead atoms. The fourth-order valence-electron chi connectivity index (χ4n) is 2.30. The van der Waals surface area contributed by atoms with E-state index in [9.17, 15) is 18.3 Å². The molecule has 1 aliphatic rings. The van der Waals surface area contributed by atoms with Gasteiger partial charge < -0.3 is 21.4 Å². The number of nitrogens with zero attached hydrogens (tertiary/aromatic N) is 1. The maximum atomic E-state index is 12.6. The summed E-state index contributed by atoms with van der Waals surface area (Å²) in [6.07, 6.45) is -1.60. The van der Waals surface area contributed by atoms with Gasteiger partial charge >= 0.3 is 6.18 Å². The number of amidine groups is 1. The van der Waals surface area contributed by atoms with Crippen molar-refractivity contribution < 1.29 is 23.5 Å². The van der Waals surface area contributed by atoms with Gasteiger partial charge in [0.05, 0.1) is 6.10 Å². The lowest BCUT2D eigenvalue weighted by atomic mass is 9.86. The lowest BCUT2D eigenvalue weighted by molar-refractivity contribution is -0.155. The molecule has 112 valence electrons. The highest BCUT2D eigenvalue weighted by Gasteiger charge is 2.42. The zero-order chi connectivity index (χ0) is 14.5. The molecule has 8 heteroatoms. The van der Waals surface area contributed by atoms with Gasteiger partial charge in [-0.15, -0.1) is 0 Å². The topological polar surface area (TPSA) is 90.9 Å². The first-order valence-corrected chi connectivity index (χ1v) is 6.29. The van der Waals surface area contributed by atoms with E-state index >= 15 is 0 Å². The second-order valence-electron chi connectivity index (χ2n) is 4.89. The van der Waals surface area contributed by atoms with Gasteiger partial charge in [-0.2, -0.15) is 13.2 Å². The van der Waals surface area contributed by atoms with Crippen molar-refractivity contribution in [3.63, 3.8) is 0 Å². The Morgan fingerprint density at radius 2 is 2.00 bits per heavy atom. The molecule has 0 aromatic heterocycles. The summed E-state index contributed by atoms with van der Waals surface area (Å²) < 4.78 is 37.9. The van der Waals surface area contributed by atoms with Crippen LogP contribution in [0.4, 0.5) is 13.2 Å². The van der Waals surface area contributed by atoms with Gasteiger partial charge in [0.25, 0.3) is 0 Å². The van der Waals surface area contributed by atoms with E-state index in [1.165, 1.54) is 0 Å². The van der Waals surface area contributed by atoms with Crippen molar-refractivity contribution in [2.75, 3.05) is 13.1 Å². The minimum Gasteiger partial charge on any atom is -0.409 e. The Hall–Kier alpha value is -1.02. The molecule has 1 rings (SSSR count). The van der Waals surface area contributed by atoms with Crippen molar-refractivity contribution in [3.05, 3.63) is 0 Å². The number of nitrogens with one attached hydrogen (secondary N) is 1. The van der Waals surface area contributed by atoms with Gasteiger partial charge in [0.15, 0.2) is 5.84 Å². The van der Waals surface area contributed by atoms with Crippen LogP contribution in [0.3, 0.4) is 0 Å². The number of nitrogens with two attached hydrogens (primary N) is 1. The van der Waals surface area contributed by atoms with Crippen LogP contribution in [0.25, 0.3) is 0 Å². The van der Waals surface area contributed by atoms with Crippen molar-refractivity contribution in [1.29, 1.82) is 0 Å². The van der Waals surface area contributed by atoms with Crippen molar-refractivity contribution in [2.24, 2.45) is 22.7 Å². The van der Waals surface area contributed by atoms with E-state index in [1.54, 1.807) is 0 Å². The van der Waals surface area contributed by atoms with Gasteiger partial charge in [0.1, 0.15) is 5.92 Å². The SMILES string of the molecule is NC(=NO)C(CNCC1CCCCC1O)C(F)(F)F. The number of alkyl halides is 3. The highest BCUT2D eigenvalue weighted by Crippen LogP contribution is 2.27. The van der Waals surface area contributed by atoms with Gasteiger partial charge in [-0.25, -0.2) is 0 Å². The molecule has 1 saturated carbocycles. The average molecular weight is 283 g/mol. The monoisotopic (exact) mass is 283 g/mol. The highest BCUT2D eigenvalue weighted by atomic mass is 19.4. The molecule has 0 spiro atoms. The number of hydrogen-bond donors (Lipinski definition) is 4. The first-order chi connectivity index (χ1) is 8.86. The molecule has 5 N–H and O–H groups in total. The van der Waals surface area contributed by atoms with Crippen LogP contribution in [-0.4, -0.2) is 41.5 Å². The lowest BCUT2D eigenvalue weighted by Gasteiger charge is -2.28. The number of aliphatic hydroxyl groups is 1. The van der Waals surface area contributed by atoms with Crippen LogP contribution in [0, 0.1) is 11.8 Å². The molecule has 1 fully saturated rings. The summed E-state index contributed by atoms with van der Waals surface area (Å²) >= 11 is 0. The van der Waals surface area contributed by atoms with E-state index in [4.69, 9.17) is 10.9 Å². The molecule has 0 amide bonds. The quantitative estimate of drug-likeness (QED) is 0.263. The third kappa shape index (κ3) is 4.87. The Morgan fingerprint density at radius 1 is 1.37 bits per heavy atom. The number of hydrogen-bond acceptors (Lipinski definition) is 4. The zero-order valence-corrected chi connectivity index (χ0v) is 10.5. The molecule has 0 saturated heterocycles. The van der Waals surface area contributed by atoms with Gasteiger partial charge in [0.2, 0.25) is 0 Å². The van der Waals surface area contributed by atoms with E-state index in [1.807, 2.05) is 0 Å². The summed E-state index contributed by atoms with van der Waals surface area (Å²) in [5, 5.41) is 23.1. The molecule has 0 radical (unpaired) electrons. The van der Waals surface area contributed by atoms with Crippen LogP contribution in [0.2, 0.25) is 0 Å². The average Bonchev–Trinajstić information content (AvgIpc) is 2.34. The summed E-state index contributed by atoms with van der Waals surface area (Å²) in [6, 6.07) is 0. The maximum Gasteiger partial charge on any atom is 0.400 e. The smallest absolute Gasteiger partial charge is 0.400 e. The maximum absolute atomic E-state index is 12.6. The van der Waals surface area contributed by atoms with Gasteiger partial charge in [-0.05, 0) is 18.8 Å². The molecule has 0 aromatic carbocycles. The predicted molar refractivity (Wildman–Crippen MR) is 63.8 cm³/mol. The van der Waals surface area contributed by atoms with E-state index < -0.39 is 30.6 Å². The molecule has 3 atom stereocenters. The van der Waals surface area contributed by atoms with E-state index in [0.29, 0.717) is 13.0 Å². The van der Waals surface area contributed by atoms with Crippen molar-refractivity contribution in [1.82, 2.24) is 5.32 Å². The van der Waals surface area contributed by atoms with Gasteiger partial charge in [0, 0.05) is 13.1 Å². The number of oxime groups is 1. The van der Waals surface area contributed by atoms with Crippen LogP contribution in [0.5, 0.6) is 0 Å². The summed E-state index contributed by atoms with van der Waals surface area (Å²) in [4.78, 5) is 0. The molecule has 3 unspecified atom stereocenters. The third-order valence-corrected chi connectivity index (χ3v) is 3.49. The second-order valence-corrected chi connectivity index (χ2v) is 4.89. The van der Waals surface area contributed by atoms with Crippen molar-refractivity contribution in [3.8, 4) is 0 Å². The minimum atomic E-state index is -4.56. The third-order valence-electron chi connectivity index (χ3n) is 3.49. The van der Waals surface area contributed by atoms with Crippen LogP contribution >= 0.6 is 0 Å². The van der Waals surface area contributed by atoms with E-state index in [-0.39, 0.29) is 5.92 Å². The standard InChI is InChI=1S/C11H20F3N3O2/c12-11(13,14)8(10(15)17-19)6-16-5-7-3-1-2-4-9(7)18/h7-9,16,18-19H,1-6H2,(H2,15,17). The fraction of sp³-hybridized carbons (Fsp3) is 0.909. The largest absolute Gasteiger partial charge is 0.409 e. The fourth-order valence-corrected chi connectivity index (χ4v) is 2.30. The first-order valence-electron chi connectivity index (χ1n) is 6.29. The molecule has 1 aliphatic carbocycles. The zero-order valence-electron chi connectivity index (χ0n) is 10.5. The number of aliphatic hydroxyl groups excluding tert-OH is 1. The van der Waals surface area contributed by atoms with Crippen LogP contribution in [-0.2, 0) is 0 Å². The summed E-state index contributed by atoms with van der Waals surface area (Å²) in [5.41, 5.74) is 5.04. The number of halogens is 3. The summed E-state index contributed by atoms with van der Waals surface area (Å²) in [7, 11) is 0. The Labute approximate surface area is 109 Å². The molecule has 0 heterocycles. The van der Waals surface area contributed by atoms with Crippen molar-refractivity contribution in [2.45, 2.75) is 38.0 Å². The van der Waals surface area contributed by atoms with Crippen molar-refractivity contribution >= 4 is 5.84 Å². The van der Waals surface area contributed by atoms with Gasteiger partial charge in [-0.1, -0.05) is 18.0 Å². The minimum absolute atomic E-state index is 0.0325. The van der Waals surface area contributed by atoms with Crippen LogP contribution in [0.15, 0.2) is 5.16 Å². The van der Waals surface area contributed by atoms with Crippen LogP contribution < -0.4 is 11.1 Å². The Kier molecular flexibility index (Phi) is 5.86. The van der Waals surface area contributed by atoms with E-state index in [0.717, 1.165) is 19.3 Å². The molecule has 19 heavy (non-hydrogen) atoms. The molecule has 0 aliphatic heterocycles. The van der Waals surface area contributed by atoms with E-state index in [2.05, 4.69) is 10.5 Å². The molecular formula is C11H20F3N3O2. The molecule has 5 nitrogen and oxygen atoms in total. The highest BCUT2D eigenvalue weighted by molar-refractivity contribution is 5.83. The molecular weight excluding hydrogens is 263 g/mol. The van der Waals surface area contributed by atoms with Gasteiger partial charge in [-0.3, -0.25) is 0 Å². The Balaban J connectivity index is 2.44. The summed E-state index contributed by atoms with van der Waals surface area (Å²) in [5.74, 6) is -2.91. The number of rotatable bonds is 5. The Morgan fingerprint density at radius 3 is 2.53 bits per heavy atom. The second kappa shape index (κ2) is 6.95. The lowest BCUT2D eigenvalue weighted by Crippen LogP contribution is -2.44. The predicted octanol–water partition coefficient (Wildman–Crippen LogP) is 1.05. The normalized spacial score (nSPS) is 27.3. The van der Waals surface area contributed by atoms with Crippen LogP contribution in [0.1, 0.15) is 25.7 Å². The molecule has 0 aromatic rings. The Bertz CT molecular complexity index is 310. The summed E-state index contributed by atoms with van der Waals surface area (Å²) in [6.45, 7) is -0.158.